The number of ether oxygens (including phenoxy) is 2. The molecule has 9 nitrogen and oxygen atoms in total. The summed E-state index contributed by atoms with van der Waals surface area (Å²) in [7, 11) is 0. The van der Waals surface area contributed by atoms with Crippen LogP contribution in [0.3, 0.4) is 0 Å². The number of amides is 1. The van der Waals surface area contributed by atoms with Crippen LogP contribution in [0.25, 0.3) is 5.82 Å². The minimum absolute atomic E-state index is 0.282. The Balaban J connectivity index is 1.65. The minimum Gasteiger partial charge on any atom is -0.462 e. The maximum Gasteiger partial charge on any atom is 0.410 e. The van der Waals surface area contributed by atoms with E-state index in [0.717, 1.165) is 5.69 Å². The third kappa shape index (κ3) is 5.24. The number of aromatic nitrogens is 3. The van der Waals surface area contributed by atoms with Crippen LogP contribution in [0.1, 0.15) is 38.1 Å². The fourth-order valence-electron chi connectivity index (χ4n) is 2.97. The summed E-state index contributed by atoms with van der Waals surface area (Å²) in [5.74, 6) is 0.195. The zero-order chi connectivity index (χ0) is 21.0. The first-order chi connectivity index (χ1) is 13.8. The van der Waals surface area contributed by atoms with E-state index in [1.807, 2.05) is 32.9 Å². The maximum absolute atomic E-state index is 12.2. The highest BCUT2D eigenvalue weighted by Gasteiger charge is 2.26. The van der Waals surface area contributed by atoms with Crippen LogP contribution >= 0.6 is 0 Å². The number of piperazine rings is 1. The van der Waals surface area contributed by atoms with Gasteiger partial charge in [0, 0.05) is 50.3 Å². The standard InChI is InChI=1S/C20H27N5O4/c1-5-28-18(26)15-13-22-25(14-15)17-12-16(6-7-21-17)23-8-10-24(11-9-23)19(27)29-20(2,3)4/h6-7,12-14H,5,8-11H2,1-4H3. The van der Waals surface area contributed by atoms with E-state index >= 15 is 0 Å². The Hall–Kier alpha value is -3.10. The van der Waals surface area contributed by atoms with Crippen molar-refractivity contribution in [3.05, 3.63) is 36.3 Å². The second kappa shape index (κ2) is 8.50. The Morgan fingerprint density at radius 1 is 1.17 bits per heavy atom. The van der Waals surface area contributed by atoms with Crippen molar-refractivity contribution in [1.82, 2.24) is 19.7 Å². The highest BCUT2D eigenvalue weighted by molar-refractivity contribution is 5.88. The Bertz CT molecular complexity index is 866. The zero-order valence-corrected chi connectivity index (χ0v) is 17.3. The summed E-state index contributed by atoms with van der Waals surface area (Å²) in [4.78, 5) is 32.3. The summed E-state index contributed by atoms with van der Waals surface area (Å²) >= 11 is 0. The van der Waals surface area contributed by atoms with E-state index in [1.165, 1.54) is 6.20 Å². The highest BCUT2D eigenvalue weighted by atomic mass is 16.6. The fraction of sp³-hybridized carbons (Fsp3) is 0.500. The van der Waals surface area contributed by atoms with Gasteiger partial charge in [0.2, 0.25) is 0 Å². The molecule has 0 aromatic carbocycles. The van der Waals surface area contributed by atoms with Crippen molar-refractivity contribution in [2.45, 2.75) is 33.3 Å². The largest absolute Gasteiger partial charge is 0.462 e. The van der Waals surface area contributed by atoms with Gasteiger partial charge >= 0.3 is 12.1 Å². The second-order valence-electron chi connectivity index (χ2n) is 7.72. The molecule has 1 fully saturated rings. The number of carbonyl (C=O) groups is 2. The lowest BCUT2D eigenvalue weighted by atomic mass is 10.2. The van der Waals surface area contributed by atoms with Crippen LogP contribution in [0.5, 0.6) is 0 Å². The van der Waals surface area contributed by atoms with Gasteiger partial charge in [-0.1, -0.05) is 0 Å². The molecule has 0 radical (unpaired) electrons. The molecule has 0 bridgehead atoms. The SMILES string of the molecule is CCOC(=O)c1cnn(-c2cc(N3CCN(C(=O)OC(C)(C)C)CC3)ccn2)c1. The zero-order valence-electron chi connectivity index (χ0n) is 17.3. The van der Waals surface area contributed by atoms with Crippen LogP contribution in [0, 0.1) is 0 Å². The topological polar surface area (TPSA) is 89.8 Å². The van der Waals surface area contributed by atoms with Gasteiger partial charge in [0.25, 0.3) is 0 Å². The number of pyridine rings is 1. The van der Waals surface area contributed by atoms with Crippen molar-refractivity contribution in [1.29, 1.82) is 0 Å². The van der Waals surface area contributed by atoms with E-state index in [4.69, 9.17) is 9.47 Å². The van der Waals surface area contributed by atoms with Gasteiger partial charge in [-0.15, -0.1) is 0 Å². The van der Waals surface area contributed by atoms with Gasteiger partial charge in [-0.05, 0) is 33.8 Å². The summed E-state index contributed by atoms with van der Waals surface area (Å²) in [5, 5.41) is 4.21. The molecule has 0 N–H and O–H groups in total. The smallest absolute Gasteiger partial charge is 0.410 e. The molecule has 0 spiro atoms. The number of hydrogen-bond acceptors (Lipinski definition) is 7. The Kier molecular flexibility index (Phi) is 6.05. The van der Waals surface area contributed by atoms with Crippen molar-refractivity contribution < 1.29 is 19.1 Å². The summed E-state index contributed by atoms with van der Waals surface area (Å²) in [6.45, 7) is 10.2. The average molecular weight is 401 g/mol. The highest BCUT2D eigenvalue weighted by Crippen LogP contribution is 2.20. The molecule has 3 heterocycles. The lowest BCUT2D eigenvalue weighted by molar-refractivity contribution is 0.0240. The maximum atomic E-state index is 12.2. The Morgan fingerprint density at radius 2 is 1.90 bits per heavy atom. The number of hydrogen-bond donors (Lipinski definition) is 0. The Labute approximate surface area is 170 Å². The van der Waals surface area contributed by atoms with Crippen molar-refractivity contribution >= 4 is 17.7 Å². The van der Waals surface area contributed by atoms with E-state index in [9.17, 15) is 9.59 Å². The van der Waals surface area contributed by atoms with E-state index < -0.39 is 11.6 Å². The summed E-state index contributed by atoms with van der Waals surface area (Å²) < 4.78 is 12.0. The lowest BCUT2D eigenvalue weighted by Gasteiger charge is -2.36. The van der Waals surface area contributed by atoms with Gasteiger partial charge in [0.1, 0.15) is 5.60 Å². The summed E-state index contributed by atoms with van der Waals surface area (Å²) in [6, 6.07) is 3.83. The van der Waals surface area contributed by atoms with Crippen LogP contribution in [0.15, 0.2) is 30.7 Å². The minimum atomic E-state index is -0.500. The molecular formula is C20H27N5O4. The van der Waals surface area contributed by atoms with Gasteiger partial charge in [0.15, 0.2) is 5.82 Å². The number of anilines is 1. The van der Waals surface area contributed by atoms with Crippen molar-refractivity contribution in [2.75, 3.05) is 37.7 Å². The number of carbonyl (C=O) groups excluding carboxylic acids is 2. The fourth-order valence-corrected chi connectivity index (χ4v) is 2.97. The van der Waals surface area contributed by atoms with Crippen molar-refractivity contribution in [3.63, 3.8) is 0 Å². The number of nitrogens with zero attached hydrogens (tertiary/aromatic N) is 5. The van der Waals surface area contributed by atoms with Gasteiger partial charge in [0.05, 0.1) is 18.4 Å². The van der Waals surface area contributed by atoms with Gasteiger partial charge < -0.3 is 19.3 Å². The molecule has 3 rings (SSSR count). The van der Waals surface area contributed by atoms with E-state index in [0.29, 0.717) is 44.2 Å². The first-order valence-electron chi connectivity index (χ1n) is 9.68. The van der Waals surface area contributed by atoms with Crippen LogP contribution in [0.2, 0.25) is 0 Å². The molecule has 0 aliphatic carbocycles. The molecule has 0 saturated carbocycles. The van der Waals surface area contributed by atoms with Crippen LogP contribution in [-0.4, -0.2) is 70.1 Å². The molecule has 1 saturated heterocycles. The molecule has 2 aromatic heterocycles. The predicted molar refractivity (Wildman–Crippen MR) is 107 cm³/mol. The molecule has 2 aromatic rings. The third-order valence-corrected chi connectivity index (χ3v) is 4.35. The second-order valence-corrected chi connectivity index (χ2v) is 7.72. The Morgan fingerprint density at radius 3 is 2.55 bits per heavy atom. The summed E-state index contributed by atoms with van der Waals surface area (Å²) in [5.41, 5.74) is 0.859. The monoisotopic (exact) mass is 401 g/mol. The first-order valence-corrected chi connectivity index (χ1v) is 9.68. The molecule has 9 heteroatoms. The van der Waals surface area contributed by atoms with Crippen LogP contribution < -0.4 is 4.90 Å². The third-order valence-electron chi connectivity index (χ3n) is 4.35. The quantitative estimate of drug-likeness (QED) is 0.727. The van der Waals surface area contributed by atoms with Crippen LogP contribution in [-0.2, 0) is 9.47 Å². The average Bonchev–Trinajstić information content (AvgIpc) is 3.17. The van der Waals surface area contributed by atoms with Crippen LogP contribution in [0.4, 0.5) is 10.5 Å². The normalized spacial score (nSPS) is 14.6. The molecule has 1 aliphatic heterocycles. The molecular weight excluding hydrogens is 374 g/mol. The molecule has 0 unspecified atom stereocenters. The molecule has 1 amide bonds. The predicted octanol–water partition coefficient (Wildman–Crippen LogP) is 2.50. The van der Waals surface area contributed by atoms with E-state index in [-0.39, 0.29) is 6.09 Å². The van der Waals surface area contributed by atoms with Gasteiger partial charge in [-0.3, -0.25) is 0 Å². The molecule has 29 heavy (non-hydrogen) atoms. The molecule has 156 valence electrons. The number of esters is 1. The number of rotatable bonds is 4. The molecule has 0 atom stereocenters. The lowest BCUT2D eigenvalue weighted by Crippen LogP contribution is -2.50. The summed E-state index contributed by atoms with van der Waals surface area (Å²) in [6.07, 6.45) is 4.49. The van der Waals surface area contributed by atoms with Gasteiger partial charge in [-0.2, -0.15) is 5.10 Å². The van der Waals surface area contributed by atoms with Crippen molar-refractivity contribution in [2.24, 2.45) is 0 Å². The van der Waals surface area contributed by atoms with E-state index in [2.05, 4.69) is 15.0 Å². The first kappa shape index (κ1) is 20.6. The van der Waals surface area contributed by atoms with Crippen molar-refractivity contribution in [3.8, 4) is 5.82 Å². The van der Waals surface area contributed by atoms with Gasteiger partial charge in [-0.25, -0.2) is 19.3 Å². The molecule has 1 aliphatic rings. The van der Waals surface area contributed by atoms with E-state index in [1.54, 1.807) is 28.9 Å².